The standard InChI is InChI=1S/C14H14F2N2O2/c1-8(2)6-17-14(19)10-7-18-20-13(10)9-3-4-11(15)12(16)5-9/h3-5,7-8H,6H2,1-2H3,(H,17,19). The monoisotopic (exact) mass is 280 g/mol. The van der Waals surface area contributed by atoms with Crippen LogP contribution >= 0.6 is 0 Å². The summed E-state index contributed by atoms with van der Waals surface area (Å²) in [6.45, 7) is 4.43. The Morgan fingerprint density at radius 1 is 1.35 bits per heavy atom. The van der Waals surface area contributed by atoms with Crippen LogP contribution in [0.3, 0.4) is 0 Å². The highest BCUT2D eigenvalue weighted by molar-refractivity contribution is 5.99. The number of rotatable bonds is 4. The maximum Gasteiger partial charge on any atom is 0.256 e. The van der Waals surface area contributed by atoms with E-state index in [1.54, 1.807) is 0 Å². The Labute approximate surface area is 114 Å². The topological polar surface area (TPSA) is 55.1 Å². The van der Waals surface area contributed by atoms with Crippen molar-refractivity contribution in [3.8, 4) is 11.3 Å². The molecule has 0 saturated heterocycles. The second-order valence-electron chi connectivity index (χ2n) is 4.80. The van der Waals surface area contributed by atoms with Gasteiger partial charge in [0.05, 0.1) is 6.20 Å². The van der Waals surface area contributed by atoms with Gasteiger partial charge in [-0.2, -0.15) is 0 Å². The van der Waals surface area contributed by atoms with Crippen LogP contribution in [-0.4, -0.2) is 17.6 Å². The molecule has 1 amide bonds. The molecule has 0 aliphatic heterocycles. The Kier molecular flexibility index (Phi) is 4.12. The van der Waals surface area contributed by atoms with Gasteiger partial charge in [0.15, 0.2) is 17.4 Å². The average Bonchev–Trinajstić information content (AvgIpc) is 2.88. The minimum atomic E-state index is -1.01. The Morgan fingerprint density at radius 3 is 2.75 bits per heavy atom. The van der Waals surface area contributed by atoms with Gasteiger partial charge >= 0.3 is 0 Å². The maximum atomic E-state index is 13.2. The maximum absolute atomic E-state index is 13.2. The van der Waals surface area contributed by atoms with E-state index >= 15 is 0 Å². The van der Waals surface area contributed by atoms with Crippen molar-refractivity contribution in [3.05, 3.63) is 41.6 Å². The van der Waals surface area contributed by atoms with Crippen molar-refractivity contribution in [1.82, 2.24) is 10.5 Å². The number of carbonyl (C=O) groups excluding carboxylic acids is 1. The van der Waals surface area contributed by atoms with Gasteiger partial charge in [-0.05, 0) is 24.1 Å². The molecule has 0 radical (unpaired) electrons. The highest BCUT2D eigenvalue weighted by Crippen LogP contribution is 2.25. The zero-order valence-corrected chi connectivity index (χ0v) is 11.1. The molecule has 0 bridgehead atoms. The van der Waals surface area contributed by atoms with Gasteiger partial charge in [-0.15, -0.1) is 0 Å². The van der Waals surface area contributed by atoms with E-state index in [-0.39, 0.29) is 22.8 Å². The number of hydrogen-bond donors (Lipinski definition) is 1. The van der Waals surface area contributed by atoms with Crippen molar-refractivity contribution in [2.75, 3.05) is 6.54 Å². The van der Waals surface area contributed by atoms with Gasteiger partial charge in [-0.3, -0.25) is 4.79 Å². The second kappa shape index (κ2) is 5.81. The second-order valence-corrected chi connectivity index (χ2v) is 4.80. The number of amides is 1. The summed E-state index contributed by atoms with van der Waals surface area (Å²) in [6.07, 6.45) is 1.26. The quantitative estimate of drug-likeness (QED) is 0.936. The number of carbonyl (C=O) groups is 1. The van der Waals surface area contributed by atoms with Crippen molar-refractivity contribution in [3.63, 3.8) is 0 Å². The van der Waals surface area contributed by atoms with Gasteiger partial charge in [-0.25, -0.2) is 8.78 Å². The molecule has 4 nitrogen and oxygen atoms in total. The van der Waals surface area contributed by atoms with Crippen molar-refractivity contribution in [2.45, 2.75) is 13.8 Å². The number of nitrogens with zero attached hydrogens (tertiary/aromatic N) is 1. The van der Waals surface area contributed by atoms with Gasteiger partial charge in [0.1, 0.15) is 5.56 Å². The zero-order chi connectivity index (χ0) is 14.7. The molecule has 20 heavy (non-hydrogen) atoms. The first-order valence-corrected chi connectivity index (χ1v) is 6.17. The van der Waals surface area contributed by atoms with Crippen LogP contribution < -0.4 is 5.32 Å². The summed E-state index contributed by atoms with van der Waals surface area (Å²) >= 11 is 0. The first-order chi connectivity index (χ1) is 9.49. The van der Waals surface area contributed by atoms with E-state index in [2.05, 4.69) is 10.5 Å². The molecule has 2 rings (SSSR count). The van der Waals surface area contributed by atoms with E-state index in [1.165, 1.54) is 12.3 Å². The lowest BCUT2D eigenvalue weighted by Crippen LogP contribution is -2.27. The van der Waals surface area contributed by atoms with Crippen LogP contribution in [0.1, 0.15) is 24.2 Å². The van der Waals surface area contributed by atoms with E-state index in [4.69, 9.17) is 4.52 Å². The van der Waals surface area contributed by atoms with Crippen LogP contribution in [-0.2, 0) is 0 Å². The molecule has 2 aromatic rings. The molecular formula is C14H14F2N2O2. The summed E-state index contributed by atoms with van der Waals surface area (Å²) in [5.74, 6) is -1.91. The summed E-state index contributed by atoms with van der Waals surface area (Å²) in [5, 5.41) is 6.26. The van der Waals surface area contributed by atoms with Crippen LogP contribution in [0, 0.1) is 17.6 Å². The SMILES string of the molecule is CC(C)CNC(=O)c1cnoc1-c1ccc(F)c(F)c1. The molecule has 0 saturated carbocycles. The normalized spacial score (nSPS) is 10.8. The Hall–Kier alpha value is -2.24. The summed E-state index contributed by atoms with van der Waals surface area (Å²) in [6, 6.07) is 3.27. The van der Waals surface area contributed by atoms with Gasteiger partial charge in [0.2, 0.25) is 0 Å². The average molecular weight is 280 g/mol. The Bertz CT molecular complexity index is 623. The Morgan fingerprint density at radius 2 is 2.10 bits per heavy atom. The third-order valence-corrected chi connectivity index (χ3v) is 2.67. The van der Waals surface area contributed by atoms with Crippen LogP contribution in [0.5, 0.6) is 0 Å². The van der Waals surface area contributed by atoms with Crippen LogP contribution in [0.15, 0.2) is 28.9 Å². The summed E-state index contributed by atoms with van der Waals surface area (Å²) in [7, 11) is 0. The van der Waals surface area contributed by atoms with Gasteiger partial charge < -0.3 is 9.84 Å². The molecule has 0 unspecified atom stereocenters. The number of hydrogen-bond acceptors (Lipinski definition) is 3. The third-order valence-electron chi connectivity index (χ3n) is 2.67. The minimum absolute atomic E-state index is 0.116. The molecule has 6 heteroatoms. The molecule has 1 N–H and O–H groups in total. The molecule has 0 spiro atoms. The first kappa shape index (κ1) is 14.2. The molecule has 0 fully saturated rings. The van der Waals surface area contributed by atoms with Crippen molar-refractivity contribution < 1.29 is 18.1 Å². The Balaban J connectivity index is 2.28. The zero-order valence-electron chi connectivity index (χ0n) is 11.1. The van der Waals surface area contributed by atoms with E-state index in [0.717, 1.165) is 12.1 Å². The molecule has 1 aromatic heterocycles. The van der Waals surface area contributed by atoms with Gasteiger partial charge in [-0.1, -0.05) is 19.0 Å². The van der Waals surface area contributed by atoms with E-state index < -0.39 is 11.6 Å². The smallest absolute Gasteiger partial charge is 0.256 e. The molecule has 0 aliphatic carbocycles. The molecular weight excluding hydrogens is 266 g/mol. The summed E-state index contributed by atoms with van der Waals surface area (Å²) < 4.78 is 31.1. The first-order valence-electron chi connectivity index (χ1n) is 6.17. The molecule has 106 valence electrons. The fourth-order valence-electron chi connectivity index (χ4n) is 1.64. The molecule has 1 heterocycles. The van der Waals surface area contributed by atoms with Crippen LogP contribution in [0.25, 0.3) is 11.3 Å². The van der Waals surface area contributed by atoms with E-state index in [0.29, 0.717) is 12.5 Å². The fraction of sp³-hybridized carbons (Fsp3) is 0.286. The van der Waals surface area contributed by atoms with Crippen LogP contribution in [0.4, 0.5) is 8.78 Å². The summed E-state index contributed by atoms with van der Waals surface area (Å²) in [5.41, 5.74) is 0.452. The lowest BCUT2D eigenvalue weighted by atomic mass is 10.1. The van der Waals surface area contributed by atoms with Gasteiger partial charge in [0, 0.05) is 12.1 Å². The number of halogens is 2. The van der Waals surface area contributed by atoms with Crippen molar-refractivity contribution in [2.24, 2.45) is 5.92 Å². The fourth-order valence-corrected chi connectivity index (χ4v) is 1.64. The largest absolute Gasteiger partial charge is 0.355 e. The van der Waals surface area contributed by atoms with Crippen molar-refractivity contribution in [1.29, 1.82) is 0 Å². The highest BCUT2D eigenvalue weighted by Gasteiger charge is 2.19. The van der Waals surface area contributed by atoms with E-state index in [9.17, 15) is 13.6 Å². The highest BCUT2D eigenvalue weighted by atomic mass is 19.2. The van der Waals surface area contributed by atoms with Gasteiger partial charge in [0.25, 0.3) is 5.91 Å². The van der Waals surface area contributed by atoms with Crippen LogP contribution in [0.2, 0.25) is 0 Å². The number of nitrogens with one attached hydrogen (secondary N) is 1. The summed E-state index contributed by atoms with van der Waals surface area (Å²) in [4.78, 5) is 12.0. The predicted molar refractivity (Wildman–Crippen MR) is 69.0 cm³/mol. The predicted octanol–water partition coefficient (Wildman–Crippen LogP) is 3.01. The molecule has 0 atom stereocenters. The molecule has 1 aromatic carbocycles. The van der Waals surface area contributed by atoms with E-state index in [1.807, 2.05) is 13.8 Å². The van der Waals surface area contributed by atoms with Crippen molar-refractivity contribution >= 4 is 5.91 Å². The molecule has 0 aliphatic rings. The minimum Gasteiger partial charge on any atom is -0.355 e. The number of benzene rings is 1. The number of aromatic nitrogens is 1. The lowest BCUT2D eigenvalue weighted by molar-refractivity contribution is 0.0949. The lowest BCUT2D eigenvalue weighted by Gasteiger charge is -2.07. The third kappa shape index (κ3) is 3.01.